The van der Waals surface area contributed by atoms with Crippen molar-refractivity contribution in [2.24, 2.45) is 5.73 Å². The summed E-state index contributed by atoms with van der Waals surface area (Å²) in [5.74, 6) is -0.897. The van der Waals surface area contributed by atoms with Crippen LogP contribution in [0.5, 0.6) is 5.75 Å². The van der Waals surface area contributed by atoms with Crippen molar-refractivity contribution in [3.8, 4) is 5.75 Å². The molecule has 0 radical (unpaired) electrons. The monoisotopic (exact) mass is 400 g/mol. The SMILES string of the molecule is CCN(CC)[C@H](CN)C(=O)Nc1ccc(N2CCOCC2=O)c(OC(F)F)c1. The predicted molar refractivity (Wildman–Crippen MR) is 101 cm³/mol. The molecule has 0 spiro atoms. The second-order valence-corrected chi connectivity index (χ2v) is 6.12. The Kier molecular flexibility index (Phi) is 8.09. The highest BCUT2D eigenvalue weighted by molar-refractivity contribution is 5.98. The van der Waals surface area contributed by atoms with Crippen molar-refractivity contribution < 1.29 is 27.8 Å². The fourth-order valence-electron chi connectivity index (χ4n) is 3.09. The third-order valence-corrected chi connectivity index (χ3v) is 4.50. The number of amides is 2. The number of carbonyl (C=O) groups excluding carboxylic acids is 2. The van der Waals surface area contributed by atoms with Crippen molar-refractivity contribution in [3.05, 3.63) is 18.2 Å². The van der Waals surface area contributed by atoms with E-state index in [0.29, 0.717) is 19.7 Å². The number of ether oxygens (including phenoxy) is 2. The third-order valence-electron chi connectivity index (χ3n) is 4.50. The molecule has 28 heavy (non-hydrogen) atoms. The van der Waals surface area contributed by atoms with Crippen LogP contribution in [0.25, 0.3) is 0 Å². The number of halogens is 2. The maximum Gasteiger partial charge on any atom is 0.387 e. The van der Waals surface area contributed by atoms with E-state index in [4.69, 9.17) is 10.5 Å². The molecule has 0 saturated carbocycles. The molecule has 2 amide bonds. The number of nitrogens with two attached hydrogens (primary N) is 1. The normalized spacial score (nSPS) is 15.8. The van der Waals surface area contributed by atoms with Gasteiger partial charge in [-0.15, -0.1) is 0 Å². The predicted octanol–water partition coefficient (Wildman–Crippen LogP) is 1.26. The van der Waals surface area contributed by atoms with Gasteiger partial charge in [0.25, 0.3) is 5.91 Å². The van der Waals surface area contributed by atoms with Crippen molar-refractivity contribution in [1.29, 1.82) is 0 Å². The lowest BCUT2D eigenvalue weighted by Crippen LogP contribution is -2.48. The summed E-state index contributed by atoms with van der Waals surface area (Å²) in [7, 11) is 0. The average Bonchev–Trinajstić information content (AvgIpc) is 2.66. The Morgan fingerprint density at radius 3 is 2.68 bits per heavy atom. The molecule has 1 fully saturated rings. The van der Waals surface area contributed by atoms with E-state index in [2.05, 4.69) is 10.1 Å². The molecule has 1 aromatic rings. The van der Waals surface area contributed by atoms with Gasteiger partial charge in [-0.3, -0.25) is 14.5 Å². The molecular formula is C18H26F2N4O4. The van der Waals surface area contributed by atoms with E-state index >= 15 is 0 Å². The molecule has 1 saturated heterocycles. The van der Waals surface area contributed by atoms with Crippen LogP contribution in [0.1, 0.15) is 13.8 Å². The van der Waals surface area contributed by atoms with Gasteiger partial charge >= 0.3 is 6.61 Å². The molecule has 1 heterocycles. The number of carbonyl (C=O) groups is 2. The van der Waals surface area contributed by atoms with E-state index in [1.807, 2.05) is 18.7 Å². The summed E-state index contributed by atoms with van der Waals surface area (Å²) in [5, 5.41) is 2.68. The molecule has 156 valence electrons. The highest BCUT2D eigenvalue weighted by atomic mass is 19.3. The lowest BCUT2D eigenvalue weighted by Gasteiger charge is -2.29. The van der Waals surface area contributed by atoms with Crippen molar-refractivity contribution in [2.75, 3.05) is 49.6 Å². The molecule has 1 aliphatic heterocycles. The molecule has 0 aromatic heterocycles. The Balaban J connectivity index is 2.26. The first-order valence-electron chi connectivity index (χ1n) is 9.13. The summed E-state index contributed by atoms with van der Waals surface area (Å²) in [5.41, 5.74) is 6.20. The van der Waals surface area contributed by atoms with E-state index in [0.717, 1.165) is 0 Å². The van der Waals surface area contributed by atoms with Gasteiger partial charge < -0.3 is 25.4 Å². The van der Waals surface area contributed by atoms with E-state index in [-0.39, 0.29) is 48.6 Å². The van der Waals surface area contributed by atoms with E-state index in [1.54, 1.807) is 0 Å². The number of nitrogens with zero attached hydrogens (tertiary/aromatic N) is 2. The van der Waals surface area contributed by atoms with Gasteiger partial charge in [0.15, 0.2) is 5.75 Å². The van der Waals surface area contributed by atoms with Crippen LogP contribution in [-0.2, 0) is 14.3 Å². The molecule has 8 nitrogen and oxygen atoms in total. The van der Waals surface area contributed by atoms with Crippen LogP contribution < -0.4 is 20.7 Å². The van der Waals surface area contributed by atoms with Crippen LogP contribution in [0.3, 0.4) is 0 Å². The van der Waals surface area contributed by atoms with Gasteiger partial charge in [0, 0.05) is 24.8 Å². The fraction of sp³-hybridized carbons (Fsp3) is 0.556. The van der Waals surface area contributed by atoms with Crippen molar-refractivity contribution in [3.63, 3.8) is 0 Å². The minimum atomic E-state index is -3.08. The quantitative estimate of drug-likeness (QED) is 0.648. The molecular weight excluding hydrogens is 374 g/mol. The summed E-state index contributed by atoms with van der Waals surface area (Å²) in [6, 6.07) is 3.72. The molecule has 0 aliphatic carbocycles. The van der Waals surface area contributed by atoms with Crippen LogP contribution in [0, 0.1) is 0 Å². The zero-order valence-corrected chi connectivity index (χ0v) is 16.0. The Labute approximate surface area is 162 Å². The van der Waals surface area contributed by atoms with Gasteiger partial charge in [-0.25, -0.2) is 0 Å². The zero-order valence-electron chi connectivity index (χ0n) is 16.0. The maximum absolute atomic E-state index is 12.9. The van der Waals surface area contributed by atoms with Crippen LogP contribution >= 0.6 is 0 Å². The second-order valence-electron chi connectivity index (χ2n) is 6.12. The van der Waals surface area contributed by atoms with Crippen molar-refractivity contribution >= 4 is 23.2 Å². The fourth-order valence-corrected chi connectivity index (χ4v) is 3.09. The number of rotatable bonds is 9. The number of hydrogen-bond donors (Lipinski definition) is 2. The van der Waals surface area contributed by atoms with Crippen LogP contribution in [0.2, 0.25) is 0 Å². The number of morpholine rings is 1. The minimum Gasteiger partial charge on any atom is -0.433 e. The molecule has 0 bridgehead atoms. The highest BCUT2D eigenvalue weighted by Crippen LogP contribution is 2.33. The van der Waals surface area contributed by atoms with Crippen LogP contribution in [0.15, 0.2) is 18.2 Å². The first-order valence-corrected chi connectivity index (χ1v) is 9.13. The van der Waals surface area contributed by atoms with Gasteiger partial charge in [-0.2, -0.15) is 8.78 Å². The first kappa shape index (κ1) is 22.0. The van der Waals surface area contributed by atoms with Gasteiger partial charge in [0.1, 0.15) is 12.6 Å². The summed E-state index contributed by atoms with van der Waals surface area (Å²) in [4.78, 5) is 27.8. The van der Waals surface area contributed by atoms with Crippen LogP contribution in [-0.4, -0.2) is 68.8 Å². The average molecular weight is 400 g/mol. The Morgan fingerprint density at radius 1 is 1.39 bits per heavy atom. The van der Waals surface area contributed by atoms with Gasteiger partial charge in [-0.1, -0.05) is 13.8 Å². The first-order chi connectivity index (χ1) is 13.4. The Morgan fingerprint density at radius 2 is 2.11 bits per heavy atom. The summed E-state index contributed by atoms with van der Waals surface area (Å²) >= 11 is 0. The second kappa shape index (κ2) is 10.3. The number of benzene rings is 1. The number of hydrogen-bond acceptors (Lipinski definition) is 6. The Hall–Kier alpha value is -2.30. The van der Waals surface area contributed by atoms with E-state index < -0.39 is 12.7 Å². The Bertz CT molecular complexity index is 686. The molecule has 1 aromatic carbocycles. The van der Waals surface area contributed by atoms with Crippen LogP contribution in [0.4, 0.5) is 20.2 Å². The van der Waals surface area contributed by atoms with Crippen molar-refractivity contribution in [2.45, 2.75) is 26.5 Å². The van der Waals surface area contributed by atoms with Gasteiger partial charge in [-0.05, 0) is 25.2 Å². The van der Waals surface area contributed by atoms with E-state index in [1.165, 1.54) is 23.1 Å². The largest absolute Gasteiger partial charge is 0.433 e. The summed E-state index contributed by atoms with van der Waals surface area (Å²) < 4.78 is 35.4. The molecule has 0 unspecified atom stereocenters. The van der Waals surface area contributed by atoms with Gasteiger partial charge in [0.2, 0.25) is 5.91 Å². The molecule has 1 atom stereocenters. The molecule has 10 heteroatoms. The van der Waals surface area contributed by atoms with Crippen molar-refractivity contribution in [1.82, 2.24) is 4.90 Å². The maximum atomic E-state index is 12.9. The smallest absolute Gasteiger partial charge is 0.387 e. The number of nitrogens with one attached hydrogen (secondary N) is 1. The minimum absolute atomic E-state index is 0.119. The zero-order chi connectivity index (χ0) is 20.7. The lowest BCUT2D eigenvalue weighted by molar-refractivity contribution is -0.126. The summed E-state index contributed by atoms with van der Waals surface area (Å²) in [6.45, 7) is 2.55. The van der Waals surface area contributed by atoms with Gasteiger partial charge in [0.05, 0.1) is 12.3 Å². The molecule has 1 aliphatic rings. The highest BCUT2D eigenvalue weighted by Gasteiger charge is 2.26. The number of alkyl halides is 2. The molecule has 2 rings (SSSR count). The third kappa shape index (κ3) is 5.37. The topological polar surface area (TPSA) is 97.1 Å². The van der Waals surface area contributed by atoms with E-state index in [9.17, 15) is 18.4 Å². The lowest BCUT2D eigenvalue weighted by atomic mass is 10.2. The molecule has 3 N–H and O–H groups in total. The standard InChI is InChI=1S/C18H26F2N4O4/c1-3-23(4-2)14(10-21)17(26)22-12-5-6-13(15(9-12)28-18(19)20)24-7-8-27-11-16(24)25/h5-6,9,14,18H,3-4,7-8,10-11,21H2,1-2H3,(H,22,26)/t14-/m1/s1. The summed E-state index contributed by atoms with van der Waals surface area (Å²) in [6.07, 6.45) is 0. The number of anilines is 2. The number of likely N-dealkylation sites (N-methyl/N-ethyl adjacent to an activating group) is 1.